The Morgan fingerprint density at radius 2 is 1.61 bits per heavy atom. The molecule has 0 spiro atoms. The van der Waals surface area contributed by atoms with Crippen LogP contribution in [0.5, 0.6) is 0 Å². The van der Waals surface area contributed by atoms with Crippen molar-refractivity contribution >= 4 is 40.9 Å². The SMILES string of the molecule is CCc1ccc(N2C(=O)C(=Cc3ccc(C(C)(C)C)cc3)C(=O)NC2=S)cc1. The van der Waals surface area contributed by atoms with Crippen LogP contribution in [0, 0.1) is 0 Å². The van der Waals surface area contributed by atoms with Gasteiger partial charge < -0.3 is 0 Å². The molecule has 1 fully saturated rings. The summed E-state index contributed by atoms with van der Waals surface area (Å²) in [7, 11) is 0. The molecule has 0 bridgehead atoms. The molecule has 2 aromatic rings. The number of nitrogens with zero attached hydrogens (tertiary/aromatic N) is 1. The lowest BCUT2D eigenvalue weighted by molar-refractivity contribution is -0.122. The lowest BCUT2D eigenvalue weighted by Gasteiger charge is -2.29. The zero-order valence-electron chi connectivity index (χ0n) is 16.6. The first kappa shape index (κ1) is 20.0. The monoisotopic (exact) mass is 392 g/mol. The largest absolute Gasteiger partial charge is 0.298 e. The maximum Gasteiger partial charge on any atom is 0.270 e. The van der Waals surface area contributed by atoms with E-state index in [1.165, 1.54) is 10.5 Å². The number of carbonyl (C=O) groups is 2. The van der Waals surface area contributed by atoms with Gasteiger partial charge in [0, 0.05) is 0 Å². The number of hydrogen-bond donors (Lipinski definition) is 1. The summed E-state index contributed by atoms with van der Waals surface area (Å²) in [4.78, 5) is 26.8. The van der Waals surface area contributed by atoms with Gasteiger partial charge in [0.15, 0.2) is 5.11 Å². The summed E-state index contributed by atoms with van der Waals surface area (Å²) in [5, 5.41) is 2.72. The van der Waals surface area contributed by atoms with Crippen LogP contribution in [0.4, 0.5) is 5.69 Å². The van der Waals surface area contributed by atoms with E-state index in [0.717, 1.165) is 17.5 Å². The number of carbonyl (C=O) groups excluding carboxylic acids is 2. The Morgan fingerprint density at radius 3 is 2.14 bits per heavy atom. The molecule has 1 aliphatic rings. The fourth-order valence-corrected chi connectivity index (χ4v) is 3.30. The van der Waals surface area contributed by atoms with Crippen molar-refractivity contribution in [1.29, 1.82) is 0 Å². The van der Waals surface area contributed by atoms with E-state index >= 15 is 0 Å². The molecule has 2 amide bonds. The lowest BCUT2D eigenvalue weighted by Crippen LogP contribution is -2.54. The van der Waals surface area contributed by atoms with E-state index in [2.05, 4.69) is 33.0 Å². The number of aryl methyl sites for hydroxylation is 1. The normalized spacial score (nSPS) is 16.5. The Kier molecular flexibility index (Phi) is 5.47. The van der Waals surface area contributed by atoms with Crippen molar-refractivity contribution in [2.24, 2.45) is 0 Å². The Morgan fingerprint density at radius 1 is 1.00 bits per heavy atom. The van der Waals surface area contributed by atoms with Crippen molar-refractivity contribution in [2.45, 2.75) is 39.5 Å². The molecule has 1 aliphatic heterocycles. The Hall–Kier alpha value is -2.79. The van der Waals surface area contributed by atoms with Crippen LogP contribution in [0.15, 0.2) is 54.1 Å². The summed E-state index contributed by atoms with van der Waals surface area (Å²) in [6, 6.07) is 15.5. The third kappa shape index (κ3) is 4.04. The van der Waals surface area contributed by atoms with E-state index in [9.17, 15) is 9.59 Å². The molecule has 1 N–H and O–H groups in total. The Bertz CT molecular complexity index is 952. The Balaban J connectivity index is 1.94. The molecule has 0 aliphatic carbocycles. The molecule has 0 atom stereocenters. The molecule has 4 nitrogen and oxygen atoms in total. The number of anilines is 1. The number of hydrogen-bond acceptors (Lipinski definition) is 3. The number of rotatable bonds is 3. The summed E-state index contributed by atoms with van der Waals surface area (Å²) in [6.07, 6.45) is 2.52. The average Bonchev–Trinajstić information content (AvgIpc) is 2.65. The van der Waals surface area contributed by atoms with Gasteiger partial charge in [-0.05, 0) is 59.0 Å². The maximum absolute atomic E-state index is 13.0. The smallest absolute Gasteiger partial charge is 0.270 e. The molecule has 0 aromatic heterocycles. The molecule has 28 heavy (non-hydrogen) atoms. The van der Waals surface area contributed by atoms with Crippen LogP contribution >= 0.6 is 12.2 Å². The first-order valence-electron chi connectivity index (χ1n) is 9.31. The van der Waals surface area contributed by atoms with E-state index in [1.807, 2.05) is 48.5 Å². The fourth-order valence-electron chi connectivity index (χ4n) is 3.02. The summed E-state index contributed by atoms with van der Waals surface area (Å²) >= 11 is 5.25. The van der Waals surface area contributed by atoms with E-state index in [0.29, 0.717) is 5.69 Å². The van der Waals surface area contributed by atoms with Crippen LogP contribution in [0.2, 0.25) is 0 Å². The summed E-state index contributed by atoms with van der Waals surface area (Å²) in [5.74, 6) is -0.894. The zero-order valence-corrected chi connectivity index (χ0v) is 17.4. The van der Waals surface area contributed by atoms with Gasteiger partial charge in [-0.2, -0.15) is 0 Å². The van der Waals surface area contributed by atoms with E-state index in [1.54, 1.807) is 6.08 Å². The number of amides is 2. The first-order chi connectivity index (χ1) is 13.2. The highest BCUT2D eigenvalue weighted by Gasteiger charge is 2.34. The van der Waals surface area contributed by atoms with Crippen molar-refractivity contribution in [3.63, 3.8) is 0 Å². The summed E-state index contributed by atoms with van der Waals surface area (Å²) in [6.45, 7) is 8.49. The van der Waals surface area contributed by atoms with Gasteiger partial charge in [0.25, 0.3) is 11.8 Å². The van der Waals surface area contributed by atoms with E-state index in [-0.39, 0.29) is 16.1 Å². The minimum absolute atomic E-state index is 0.0390. The second-order valence-electron chi connectivity index (χ2n) is 7.85. The van der Waals surface area contributed by atoms with Crippen molar-refractivity contribution in [1.82, 2.24) is 5.32 Å². The Labute approximate surface area is 171 Å². The lowest BCUT2D eigenvalue weighted by atomic mass is 9.86. The highest BCUT2D eigenvalue weighted by molar-refractivity contribution is 7.80. The van der Waals surface area contributed by atoms with Gasteiger partial charge >= 0.3 is 0 Å². The minimum atomic E-state index is -0.476. The molecule has 3 rings (SSSR count). The predicted octanol–water partition coefficient (Wildman–Crippen LogP) is 4.38. The summed E-state index contributed by atoms with van der Waals surface area (Å²) < 4.78 is 0. The third-order valence-electron chi connectivity index (χ3n) is 4.79. The highest BCUT2D eigenvalue weighted by atomic mass is 32.1. The standard InChI is InChI=1S/C23H24N2O2S/c1-5-15-8-12-18(13-9-15)25-21(27)19(20(26)24-22(25)28)14-16-6-10-17(11-7-16)23(2,3)4/h6-14H,5H2,1-4H3,(H,24,26,28). The minimum Gasteiger partial charge on any atom is -0.298 e. The molecule has 2 aromatic carbocycles. The van der Waals surface area contributed by atoms with Gasteiger partial charge in [-0.15, -0.1) is 0 Å². The van der Waals surface area contributed by atoms with Crippen LogP contribution in [0.1, 0.15) is 44.4 Å². The van der Waals surface area contributed by atoms with Gasteiger partial charge in [-0.1, -0.05) is 64.1 Å². The van der Waals surface area contributed by atoms with Gasteiger partial charge in [0.2, 0.25) is 0 Å². The topological polar surface area (TPSA) is 49.4 Å². The number of nitrogens with one attached hydrogen (secondary N) is 1. The van der Waals surface area contributed by atoms with Crippen molar-refractivity contribution in [3.05, 3.63) is 70.8 Å². The number of benzene rings is 2. The maximum atomic E-state index is 13.0. The molecule has 0 saturated carbocycles. The van der Waals surface area contributed by atoms with Crippen LogP contribution in [0.3, 0.4) is 0 Å². The van der Waals surface area contributed by atoms with Crippen molar-refractivity contribution in [2.75, 3.05) is 4.90 Å². The second-order valence-corrected chi connectivity index (χ2v) is 8.24. The molecular weight excluding hydrogens is 368 g/mol. The molecule has 144 valence electrons. The van der Waals surface area contributed by atoms with Crippen molar-refractivity contribution in [3.8, 4) is 0 Å². The van der Waals surface area contributed by atoms with Gasteiger partial charge in [-0.3, -0.25) is 19.8 Å². The quantitative estimate of drug-likeness (QED) is 0.479. The molecule has 5 heteroatoms. The molecular formula is C23H24N2O2S. The molecule has 1 saturated heterocycles. The summed E-state index contributed by atoms with van der Waals surface area (Å²) in [5.41, 5.74) is 3.89. The van der Waals surface area contributed by atoms with Crippen LogP contribution in [-0.4, -0.2) is 16.9 Å². The second kappa shape index (κ2) is 7.68. The highest BCUT2D eigenvalue weighted by Crippen LogP contribution is 2.25. The van der Waals surface area contributed by atoms with Gasteiger partial charge in [-0.25, -0.2) is 0 Å². The van der Waals surface area contributed by atoms with Gasteiger partial charge in [0.1, 0.15) is 5.57 Å². The third-order valence-corrected chi connectivity index (χ3v) is 5.08. The zero-order chi connectivity index (χ0) is 20.5. The van der Waals surface area contributed by atoms with E-state index in [4.69, 9.17) is 12.2 Å². The first-order valence-corrected chi connectivity index (χ1v) is 9.72. The molecule has 1 heterocycles. The van der Waals surface area contributed by atoms with Crippen molar-refractivity contribution < 1.29 is 9.59 Å². The van der Waals surface area contributed by atoms with E-state index < -0.39 is 11.8 Å². The van der Waals surface area contributed by atoms with Crippen LogP contribution < -0.4 is 10.2 Å². The average molecular weight is 393 g/mol. The number of thiocarbonyl (C=S) groups is 1. The fraction of sp³-hybridized carbons (Fsp3) is 0.261. The predicted molar refractivity (Wildman–Crippen MR) is 117 cm³/mol. The molecule has 0 radical (unpaired) electrons. The van der Waals surface area contributed by atoms with Crippen LogP contribution in [0.25, 0.3) is 6.08 Å². The van der Waals surface area contributed by atoms with Crippen LogP contribution in [-0.2, 0) is 21.4 Å². The molecule has 0 unspecified atom stereocenters. The van der Waals surface area contributed by atoms with Gasteiger partial charge in [0.05, 0.1) is 5.69 Å².